The molecule has 7 heteroatoms. The van der Waals surface area contributed by atoms with Crippen LogP contribution in [0.4, 0.5) is 5.69 Å². The molecule has 0 atom stereocenters. The van der Waals surface area contributed by atoms with Crippen molar-refractivity contribution in [1.29, 1.82) is 0 Å². The molecule has 1 aliphatic rings. The highest BCUT2D eigenvalue weighted by Gasteiger charge is 2.39. The molecule has 1 aromatic heterocycles. The minimum atomic E-state index is -0.487. The summed E-state index contributed by atoms with van der Waals surface area (Å²) in [6, 6.07) is 11.2. The van der Waals surface area contributed by atoms with Gasteiger partial charge in [0.25, 0.3) is 5.91 Å². The molecule has 2 aromatic rings. The van der Waals surface area contributed by atoms with E-state index in [1.54, 1.807) is 36.6 Å². The number of ether oxygens (including phenoxy) is 1. The van der Waals surface area contributed by atoms with Crippen LogP contribution in [0.15, 0.2) is 64.9 Å². The van der Waals surface area contributed by atoms with Crippen molar-refractivity contribution in [3.05, 3.63) is 71.8 Å². The van der Waals surface area contributed by atoms with Crippen molar-refractivity contribution in [3.8, 4) is 0 Å². The number of anilines is 1. The van der Waals surface area contributed by atoms with E-state index in [4.69, 9.17) is 21.4 Å². The summed E-state index contributed by atoms with van der Waals surface area (Å²) in [5.41, 5.74) is 2.10. The molecule has 0 unspecified atom stereocenters. The van der Waals surface area contributed by atoms with Crippen molar-refractivity contribution in [2.45, 2.75) is 13.3 Å². The van der Waals surface area contributed by atoms with Gasteiger partial charge in [0.2, 0.25) is 0 Å². The number of allylic oxidation sites excluding steroid dienone is 2. The average Bonchev–Trinajstić information content (AvgIpc) is 3.30. The summed E-state index contributed by atoms with van der Waals surface area (Å²) < 4.78 is 9.99. The molecule has 0 aliphatic carbocycles. The summed E-state index contributed by atoms with van der Waals surface area (Å²) in [5.74, 6) is -0.141. The van der Waals surface area contributed by atoms with Crippen LogP contribution in [-0.4, -0.2) is 35.5 Å². The second-order valence-corrected chi connectivity index (χ2v) is 6.40. The molecular formula is C21H20N2O4S. The number of carbonyl (C=O) groups excluding carboxylic acids is 2. The Labute approximate surface area is 168 Å². The van der Waals surface area contributed by atoms with Crippen molar-refractivity contribution >= 4 is 41.0 Å². The lowest BCUT2D eigenvalue weighted by atomic mass is 10.1. The highest BCUT2D eigenvalue weighted by Crippen LogP contribution is 2.28. The number of carbonyl (C=O) groups is 2. The molecule has 0 saturated carbocycles. The number of methoxy groups -OCH3 is 1. The van der Waals surface area contributed by atoms with Crippen LogP contribution in [0.5, 0.6) is 0 Å². The predicted octanol–water partition coefficient (Wildman–Crippen LogP) is 3.55. The summed E-state index contributed by atoms with van der Waals surface area (Å²) in [4.78, 5) is 27.8. The Morgan fingerprint density at radius 3 is 2.61 bits per heavy atom. The zero-order valence-electron chi connectivity index (χ0n) is 15.6. The average molecular weight is 396 g/mol. The van der Waals surface area contributed by atoms with Gasteiger partial charge in [0.1, 0.15) is 18.0 Å². The number of rotatable bonds is 6. The van der Waals surface area contributed by atoms with E-state index < -0.39 is 5.97 Å². The maximum absolute atomic E-state index is 13.1. The Bertz CT molecular complexity index is 930. The van der Waals surface area contributed by atoms with Crippen LogP contribution in [0, 0.1) is 0 Å². The van der Waals surface area contributed by atoms with Gasteiger partial charge >= 0.3 is 5.97 Å². The molecule has 1 aliphatic heterocycles. The zero-order chi connectivity index (χ0) is 20.1. The Hall–Kier alpha value is -3.19. The van der Waals surface area contributed by atoms with E-state index in [1.807, 2.05) is 24.3 Å². The van der Waals surface area contributed by atoms with E-state index in [-0.39, 0.29) is 23.3 Å². The summed E-state index contributed by atoms with van der Waals surface area (Å²) in [6.07, 6.45) is 7.48. The number of nitrogens with zero attached hydrogens (tertiary/aromatic N) is 2. The largest absolute Gasteiger partial charge is 0.468 e. The Kier molecular flexibility index (Phi) is 6.06. The van der Waals surface area contributed by atoms with Gasteiger partial charge in [-0.25, -0.2) is 0 Å². The molecule has 3 rings (SSSR count). The molecule has 1 fully saturated rings. The van der Waals surface area contributed by atoms with Crippen molar-refractivity contribution < 1.29 is 18.7 Å². The van der Waals surface area contributed by atoms with Crippen molar-refractivity contribution in [3.63, 3.8) is 0 Å². The summed E-state index contributed by atoms with van der Waals surface area (Å²) in [5, 5.41) is 0.234. The first kappa shape index (κ1) is 19.6. The van der Waals surface area contributed by atoms with Gasteiger partial charge in [-0.3, -0.25) is 14.5 Å². The van der Waals surface area contributed by atoms with Crippen molar-refractivity contribution in [1.82, 2.24) is 4.90 Å². The number of hydrogen-bond acceptors (Lipinski definition) is 5. The fourth-order valence-corrected chi connectivity index (χ4v) is 3.13. The highest BCUT2D eigenvalue weighted by molar-refractivity contribution is 7.80. The van der Waals surface area contributed by atoms with E-state index in [0.29, 0.717) is 11.4 Å². The van der Waals surface area contributed by atoms with Crippen molar-refractivity contribution in [2.24, 2.45) is 0 Å². The number of thiocarbonyl (C=S) groups is 1. The van der Waals surface area contributed by atoms with Gasteiger partial charge in [0, 0.05) is 0 Å². The standard InChI is InChI=1S/C21H20N2O4S/c1-3-15-9-11-16(12-10-15)23-20(25)18(8-4-6-17-7-5-13-27-17)22(21(23)28)14-19(24)26-2/h4-13H,3,14H2,1-2H3. The minimum Gasteiger partial charge on any atom is -0.468 e. The van der Waals surface area contributed by atoms with Gasteiger partial charge in [0.05, 0.1) is 19.1 Å². The summed E-state index contributed by atoms with van der Waals surface area (Å²) in [6.45, 7) is 1.91. The number of furan rings is 1. The summed E-state index contributed by atoms with van der Waals surface area (Å²) in [7, 11) is 1.30. The SMILES string of the molecule is CCc1ccc(N2C(=O)C(=CC=Cc3ccco3)N(CC(=O)OC)C2=S)cc1. The second kappa shape index (κ2) is 8.67. The lowest BCUT2D eigenvalue weighted by Gasteiger charge is -2.19. The van der Waals surface area contributed by atoms with Gasteiger partial charge in [-0.1, -0.05) is 25.1 Å². The first-order chi connectivity index (χ1) is 13.5. The number of amides is 1. The van der Waals surface area contributed by atoms with E-state index in [0.717, 1.165) is 12.0 Å². The molecule has 1 amide bonds. The maximum Gasteiger partial charge on any atom is 0.325 e. The van der Waals surface area contributed by atoms with Gasteiger partial charge in [-0.2, -0.15) is 0 Å². The second-order valence-electron chi connectivity index (χ2n) is 6.03. The third-order valence-electron chi connectivity index (χ3n) is 4.31. The minimum absolute atomic E-state index is 0.148. The summed E-state index contributed by atoms with van der Waals surface area (Å²) >= 11 is 5.50. The third-order valence-corrected chi connectivity index (χ3v) is 4.71. The lowest BCUT2D eigenvalue weighted by Crippen LogP contribution is -2.35. The third kappa shape index (κ3) is 4.04. The molecular weight excluding hydrogens is 376 g/mol. The van der Waals surface area contributed by atoms with Gasteiger partial charge in [0.15, 0.2) is 5.11 Å². The quantitative estimate of drug-likeness (QED) is 0.423. The van der Waals surface area contributed by atoms with E-state index in [1.165, 1.54) is 16.9 Å². The molecule has 1 aromatic carbocycles. The molecule has 28 heavy (non-hydrogen) atoms. The van der Waals surface area contributed by atoms with Gasteiger partial charge < -0.3 is 14.1 Å². The smallest absolute Gasteiger partial charge is 0.325 e. The Morgan fingerprint density at radius 1 is 1.25 bits per heavy atom. The topological polar surface area (TPSA) is 63.0 Å². The molecule has 0 spiro atoms. The van der Waals surface area contributed by atoms with Crippen molar-refractivity contribution in [2.75, 3.05) is 18.6 Å². The number of esters is 1. The fourth-order valence-electron chi connectivity index (χ4n) is 2.78. The maximum atomic E-state index is 13.1. The monoisotopic (exact) mass is 396 g/mol. The van der Waals surface area contributed by atoms with Gasteiger partial charge in [-0.15, -0.1) is 0 Å². The molecule has 144 valence electrons. The zero-order valence-corrected chi connectivity index (χ0v) is 16.4. The van der Waals surface area contributed by atoms with Crippen LogP contribution in [0.1, 0.15) is 18.2 Å². The fraction of sp³-hybridized carbons (Fsp3) is 0.190. The Balaban J connectivity index is 1.93. The van der Waals surface area contributed by atoms with Crippen LogP contribution in [-0.2, 0) is 20.7 Å². The first-order valence-corrected chi connectivity index (χ1v) is 9.19. The molecule has 0 radical (unpaired) electrons. The predicted molar refractivity (Wildman–Crippen MR) is 110 cm³/mol. The molecule has 1 saturated heterocycles. The highest BCUT2D eigenvalue weighted by atomic mass is 32.1. The van der Waals surface area contributed by atoms with Crippen LogP contribution >= 0.6 is 12.2 Å². The van der Waals surface area contributed by atoms with E-state index >= 15 is 0 Å². The van der Waals surface area contributed by atoms with E-state index in [2.05, 4.69) is 6.92 Å². The number of aryl methyl sites for hydroxylation is 1. The van der Waals surface area contributed by atoms with Crippen LogP contribution in [0.3, 0.4) is 0 Å². The Morgan fingerprint density at radius 2 is 2.00 bits per heavy atom. The molecule has 0 bridgehead atoms. The van der Waals surface area contributed by atoms with Crippen LogP contribution in [0.25, 0.3) is 6.08 Å². The molecule has 6 nitrogen and oxygen atoms in total. The lowest BCUT2D eigenvalue weighted by molar-refractivity contribution is -0.140. The van der Waals surface area contributed by atoms with Crippen LogP contribution in [0.2, 0.25) is 0 Å². The molecule has 2 heterocycles. The first-order valence-electron chi connectivity index (χ1n) is 8.78. The normalized spacial score (nSPS) is 15.9. The van der Waals surface area contributed by atoms with Gasteiger partial charge in [-0.05, 0) is 60.6 Å². The number of benzene rings is 1. The molecule has 0 N–H and O–H groups in total. The number of hydrogen-bond donors (Lipinski definition) is 0. The van der Waals surface area contributed by atoms with E-state index in [9.17, 15) is 9.59 Å². The van der Waals surface area contributed by atoms with Crippen LogP contribution < -0.4 is 4.90 Å².